The van der Waals surface area contributed by atoms with E-state index in [1.54, 1.807) is 48.5 Å². The Kier molecular flexibility index (Phi) is 8.05. The van der Waals surface area contributed by atoms with Gasteiger partial charge in [-0.05, 0) is 73.8 Å². The van der Waals surface area contributed by atoms with Gasteiger partial charge in [0.2, 0.25) is 0 Å². The first kappa shape index (κ1) is 29.0. The van der Waals surface area contributed by atoms with Gasteiger partial charge in [-0.3, -0.25) is 14.5 Å². The molecule has 41 heavy (non-hydrogen) atoms. The molecule has 1 aliphatic heterocycles. The van der Waals surface area contributed by atoms with Gasteiger partial charge in [0.25, 0.3) is 5.91 Å². The fourth-order valence-corrected chi connectivity index (χ4v) is 6.66. The lowest BCUT2D eigenvalue weighted by atomic mass is 9.55. The number of amides is 1. The van der Waals surface area contributed by atoms with Gasteiger partial charge in [-0.25, -0.2) is 0 Å². The number of hydrogen-bond donors (Lipinski definition) is 2. The number of likely N-dealkylation sites (tertiary alicyclic amines) is 1. The zero-order chi connectivity index (χ0) is 29.3. The van der Waals surface area contributed by atoms with Gasteiger partial charge in [-0.15, -0.1) is 13.2 Å². The highest BCUT2D eigenvalue weighted by molar-refractivity contribution is 5.96. The average Bonchev–Trinajstić information content (AvgIpc) is 3.72. The average molecular weight is 573 g/mol. The topological polar surface area (TPSA) is 88.1 Å². The van der Waals surface area contributed by atoms with Gasteiger partial charge in [0, 0.05) is 25.4 Å². The zero-order valence-corrected chi connectivity index (χ0v) is 23.0. The van der Waals surface area contributed by atoms with E-state index in [2.05, 4.69) is 10.1 Å². The maximum atomic E-state index is 13.5. The Morgan fingerprint density at radius 1 is 1.10 bits per heavy atom. The molecule has 0 radical (unpaired) electrons. The fourth-order valence-electron chi connectivity index (χ4n) is 6.66. The third kappa shape index (κ3) is 6.53. The Bertz CT molecular complexity index is 1300. The number of phenolic OH excluding ortho intramolecular Hbond substituents is 1. The highest BCUT2D eigenvalue weighted by Gasteiger charge is 2.61. The summed E-state index contributed by atoms with van der Waals surface area (Å²) in [6, 6.07) is 15.0. The molecular weight excluding hydrogens is 537 g/mol. The van der Waals surface area contributed by atoms with Crippen molar-refractivity contribution in [3.05, 3.63) is 71.5 Å². The van der Waals surface area contributed by atoms with E-state index in [0.29, 0.717) is 37.4 Å². The summed E-state index contributed by atoms with van der Waals surface area (Å²) in [4.78, 5) is 28.0. The lowest BCUT2D eigenvalue weighted by Crippen LogP contribution is -2.71. The standard InChI is InChI=1S/C31H35F3N2O5/c1-21(37)40-30-15-6-5-14-29(30,24-10-7-11-25(38)17-24)18-27(36(20-30)19-23-12-13-23)35-28(39)26(41-31(32,33)34)16-22-8-3-2-4-9-22/h2-4,7-11,16-17,23,27,38H,5-6,12-15,18-20H2,1H3,(H,35,39)/t27-,29-,30?/m0/s1. The maximum absolute atomic E-state index is 13.5. The molecule has 220 valence electrons. The van der Waals surface area contributed by atoms with Crippen LogP contribution in [-0.4, -0.2) is 53.1 Å². The smallest absolute Gasteiger partial charge is 0.508 e. The van der Waals surface area contributed by atoms with Crippen LogP contribution in [0.15, 0.2) is 60.4 Å². The number of ether oxygens (including phenoxy) is 2. The summed E-state index contributed by atoms with van der Waals surface area (Å²) in [6.45, 7) is 2.30. The van der Waals surface area contributed by atoms with E-state index in [-0.39, 0.29) is 12.2 Å². The predicted molar refractivity (Wildman–Crippen MR) is 145 cm³/mol. The van der Waals surface area contributed by atoms with Crippen LogP contribution in [0, 0.1) is 5.92 Å². The normalized spacial score (nSPS) is 27.0. The molecule has 1 unspecified atom stereocenters. The summed E-state index contributed by atoms with van der Waals surface area (Å²) >= 11 is 0. The number of fused-ring (bicyclic) bond motifs is 1. The lowest BCUT2D eigenvalue weighted by Gasteiger charge is -2.60. The minimum absolute atomic E-state index is 0.0619. The Balaban J connectivity index is 1.54. The molecule has 7 nitrogen and oxygen atoms in total. The molecule has 3 aliphatic rings. The number of rotatable bonds is 8. The van der Waals surface area contributed by atoms with Crippen molar-refractivity contribution < 1.29 is 37.3 Å². The van der Waals surface area contributed by atoms with Crippen LogP contribution in [0.2, 0.25) is 0 Å². The first-order valence-electron chi connectivity index (χ1n) is 14.1. The molecule has 5 rings (SSSR count). The molecule has 0 aromatic heterocycles. The number of halogens is 3. The molecule has 1 saturated heterocycles. The van der Waals surface area contributed by atoms with E-state index in [1.807, 2.05) is 11.0 Å². The van der Waals surface area contributed by atoms with Gasteiger partial charge in [0.15, 0.2) is 5.76 Å². The number of phenols is 1. The Morgan fingerprint density at radius 3 is 2.49 bits per heavy atom. The Hall–Kier alpha value is -3.53. The Morgan fingerprint density at radius 2 is 1.83 bits per heavy atom. The van der Waals surface area contributed by atoms with E-state index in [0.717, 1.165) is 37.3 Å². The highest BCUT2D eigenvalue weighted by Crippen LogP contribution is 2.55. The van der Waals surface area contributed by atoms with Crippen LogP contribution in [0.1, 0.15) is 63.0 Å². The predicted octanol–water partition coefficient (Wildman–Crippen LogP) is 5.64. The van der Waals surface area contributed by atoms with Crippen LogP contribution in [0.3, 0.4) is 0 Å². The van der Waals surface area contributed by atoms with Crippen molar-refractivity contribution in [2.24, 2.45) is 5.92 Å². The van der Waals surface area contributed by atoms with Crippen LogP contribution < -0.4 is 5.32 Å². The van der Waals surface area contributed by atoms with E-state index in [4.69, 9.17) is 4.74 Å². The SMILES string of the molecule is CC(=O)OC12CCCC[C@@]1(c1cccc(O)c1)C[C@@H](NC(=O)C(=Cc1ccccc1)OC(F)(F)F)N(CC1CC1)C2. The summed E-state index contributed by atoms with van der Waals surface area (Å²) < 4.78 is 50.6. The molecule has 2 N–H and O–H groups in total. The number of piperidine rings is 1. The number of nitrogens with zero attached hydrogens (tertiary/aromatic N) is 1. The number of alkyl halides is 3. The van der Waals surface area contributed by atoms with Crippen LogP contribution >= 0.6 is 0 Å². The Labute approximate surface area is 237 Å². The molecule has 0 bridgehead atoms. The number of esters is 1. The second-order valence-corrected chi connectivity index (χ2v) is 11.5. The van der Waals surface area contributed by atoms with Crippen LogP contribution in [-0.2, 0) is 24.5 Å². The first-order chi connectivity index (χ1) is 19.5. The van der Waals surface area contributed by atoms with E-state index < -0.39 is 41.2 Å². The number of hydrogen-bond acceptors (Lipinski definition) is 6. The second-order valence-electron chi connectivity index (χ2n) is 11.5. The van der Waals surface area contributed by atoms with Gasteiger partial charge in [0.1, 0.15) is 11.4 Å². The molecule has 1 amide bonds. The van der Waals surface area contributed by atoms with Crippen LogP contribution in [0.25, 0.3) is 6.08 Å². The van der Waals surface area contributed by atoms with E-state index in [1.165, 1.54) is 6.92 Å². The molecule has 2 saturated carbocycles. The molecule has 0 spiro atoms. The van der Waals surface area contributed by atoms with Crippen molar-refractivity contribution >= 4 is 18.0 Å². The summed E-state index contributed by atoms with van der Waals surface area (Å²) in [5.41, 5.74) is -0.540. The summed E-state index contributed by atoms with van der Waals surface area (Å²) in [5, 5.41) is 13.2. The molecule has 2 aromatic carbocycles. The van der Waals surface area contributed by atoms with Gasteiger partial charge < -0.3 is 19.9 Å². The van der Waals surface area contributed by atoms with Crippen LogP contribution in [0.5, 0.6) is 5.75 Å². The van der Waals surface area contributed by atoms with Crippen molar-refractivity contribution in [3.8, 4) is 5.75 Å². The van der Waals surface area contributed by atoms with Gasteiger partial charge in [-0.2, -0.15) is 0 Å². The number of aromatic hydroxyl groups is 1. The van der Waals surface area contributed by atoms with Gasteiger partial charge in [0.05, 0.1) is 6.17 Å². The monoisotopic (exact) mass is 572 g/mol. The third-order valence-corrected chi connectivity index (χ3v) is 8.52. The van der Waals surface area contributed by atoms with Crippen molar-refractivity contribution in [1.29, 1.82) is 0 Å². The summed E-state index contributed by atoms with van der Waals surface area (Å²) in [5.74, 6) is -1.81. The molecule has 3 atom stereocenters. The van der Waals surface area contributed by atoms with Crippen molar-refractivity contribution in [2.75, 3.05) is 13.1 Å². The number of carbonyl (C=O) groups excluding carboxylic acids is 2. The third-order valence-electron chi connectivity index (χ3n) is 8.52. The molecule has 1 heterocycles. The summed E-state index contributed by atoms with van der Waals surface area (Å²) in [7, 11) is 0. The van der Waals surface area contributed by atoms with Crippen molar-refractivity contribution in [2.45, 2.75) is 75.4 Å². The minimum atomic E-state index is -5.06. The van der Waals surface area contributed by atoms with Gasteiger partial charge in [-0.1, -0.05) is 48.9 Å². The molecule has 3 fully saturated rings. The minimum Gasteiger partial charge on any atom is -0.508 e. The largest absolute Gasteiger partial charge is 0.573 e. The quantitative estimate of drug-likeness (QED) is 0.242. The van der Waals surface area contributed by atoms with Crippen molar-refractivity contribution in [1.82, 2.24) is 10.2 Å². The number of benzene rings is 2. The highest BCUT2D eigenvalue weighted by atomic mass is 19.4. The van der Waals surface area contributed by atoms with E-state index >= 15 is 0 Å². The maximum Gasteiger partial charge on any atom is 0.573 e. The first-order valence-corrected chi connectivity index (χ1v) is 14.1. The fraction of sp³-hybridized carbons (Fsp3) is 0.484. The van der Waals surface area contributed by atoms with E-state index in [9.17, 15) is 27.9 Å². The number of nitrogens with one attached hydrogen (secondary N) is 1. The molecule has 2 aliphatic carbocycles. The molecule has 2 aromatic rings. The van der Waals surface area contributed by atoms with Crippen LogP contribution in [0.4, 0.5) is 13.2 Å². The molecular formula is C31H35F3N2O5. The second kappa shape index (κ2) is 11.4. The van der Waals surface area contributed by atoms with Gasteiger partial charge >= 0.3 is 12.3 Å². The number of carbonyl (C=O) groups is 2. The molecule has 10 heteroatoms. The zero-order valence-electron chi connectivity index (χ0n) is 23.0. The lowest BCUT2D eigenvalue weighted by molar-refractivity contribution is -0.304. The summed E-state index contributed by atoms with van der Waals surface area (Å²) in [6.07, 6.45) is 0.567. The van der Waals surface area contributed by atoms with Crippen molar-refractivity contribution in [3.63, 3.8) is 0 Å².